The number of halogens is 3. The van der Waals surface area contributed by atoms with Crippen molar-refractivity contribution in [1.82, 2.24) is 4.98 Å². The Morgan fingerprint density at radius 3 is 2.62 bits per heavy atom. The number of rotatable bonds is 1. The SMILES string of the molecule is C/C(=C\C#N)c1cnc(C)cc1C(F)(F)F. The summed E-state index contributed by atoms with van der Waals surface area (Å²) in [5.74, 6) is 0. The highest BCUT2D eigenvalue weighted by molar-refractivity contribution is 5.68. The van der Waals surface area contributed by atoms with E-state index in [1.54, 1.807) is 6.07 Å². The van der Waals surface area contributed by atoms with Crippen molar-refractivity contribution >= 4 is 5.57 Å². The highest BCUT2D eigenvalue weighted by atomic mass is 19.4. The second-order valence-corrected chi connectivity index (χ2v) is 3.33. The van der Waals surface area contributed by atoms with E-state index >= 15 is 0 Å². The molecule has 84 valence electrons. The summed E-state index contributed by atoms with van der Waals surface area (Å²) >= 11 is 0. The molecule has 0 saturated carbocycles. The van der Waals surface area contributed by atoms with Crippen molar-refractivity contribution in [2.45, 2.75) is 20.0 Å². The van der Waals surface area contributed by atoms with Crippen molar-refractivity contribution in [3.05, 3.63) is 35.2 Å². The quantitative estimate of drug-likeness (QED) is 0.688. The largest absolute Gasteiger partial charge is 0.417 e. The van der Waals surface area contributed by atoms with Crippen molar-refractivity contribution in [2.24, 2.45) is 0 Å². The minimum atomic E-state index is -4.44. The number of allylic oxidation sites excluding steroid dienone is 2. The van der Waals surface area contributed by atoms with Gasteiger partial charge in [-0.2, -0.15) is 18.4 Å². The van der Waals surface area contributed by atoms with Gasteiger partial charge in [-0.05, 0) is 25.5 Å². The molecule has 0 aromatic carbocycles. The molecule has 0 unspecified atom stereocenters. The average Bonchev–Trinajstić information content (AvgIpc) is 2.16. The molecule has 1 aromatic heterocycles. The van der Waals surface area contributed by atoms with Crippen LogP contribution >= 0.6 is 0 Å². The van der Waals surface area contributed by atoms with E-state index in [9.17, 15) is 13.2 Å². The molecule has 1 aromatic rings. The van der Waals surface area contributed by atoms with Crippen molar-refractivity contribution in [2.75, 3.05) is 0 Å². The maximum Gasteiger partial charge on any atom is 0.417 e. The van der Waals surface area contributed by atoms with Crippen LogP contribution in [0, 0.1) is 18.3 Å². The van der Waals surface area contributed by atoms with E-state index < -0.39 is 11.7 Å². The molecule has 1 rings (SSSR count). The van der Waals surface area contributed by atoms with Crippen LogP contribution in [0.5, 0.6) is 0 Å². The molecule has 1 heterocycles. The van der Waals surface area contributed by atoms with E-state index in [1.165, 1.54) is 13.8 Å². The third kappa shape index (κ3) is 2.60. The zero-order valence-corrected chi connectivity index (χ0v) is 8.76. The molecule has 0 radical (unpaired) electrons. The number of aryl methyl sites for hydroxylation is 1. The van der Waals surface area contributed by atoms with Crippen molar-refractivity contribution in [3.63, 3.8) is 0 Å². The van der Waals surface area contributed by atoms with E-state index in [2.05, 4.69) is 4.98 Å². The van der Waals surface area contributed by atoms with Gasteiger partial charge < -0.3 is 0 Å². The summed E-state index contributed by atoms with van der Waals surface area (Å²) in [7, 11) is 0. The Hall–Kier alpha value is -1.83. The lowest BCUT2D eigenvalue weighted by molar-refractivity contribution is -0.137. The molecule has 0 spiro atoms. The fraction of sp³-hybridized carbons (Fsp3) is 0.273. The summed E-state index contributed by atoms with van der Waals surface area (Å²) in [5, 5.41) is 8.42. The van der Waals surface area contributed by atoms with Crippen LogP contribution in [0.25, 0.3) is 5.57 Å². The number of alkyl halides is 3. The maximum absolute atomic E-state index is 12.7. The molecule has 0 aliphatic carbocycles. The average molecular weight is 226 g/mol. The second kappa shape index (κ2) is 4.35. The van der Waals surface area contributed by atoms with Crippen LogP contribution in [0.15, 0.2) is 18.3 Å². The molecule has 5 heteroatoms. The molecule has 0 saturated heterocycles. The predicted octanol–water partition coefficient (Wildman–Crippen LogP) is 3.34. The number of nitriles is 1. The van der Waals surface area contributed by atoms with Gasteiger partial charge in [-0.25, -0.2) is 0 Å². The molecule has 0 aliphatic rings. The second-order valence-electron chi connectivity index (χ2n) is 3.33. The van der Waals surface area contributed by atoms with E-state index in [0.29, 0.717) is 5.69 Å². The van der Waals surface area contributed by atoms with Gasteiger partial charge in [-0.15, -0.1) is 0 Å². The standard InChI is InChI=1S/C11H9F3N2/c1-7(3-4-15)9-6-16-8(2)5-10(9)11(12,13)14/h3,5-6H,1-2H3/b7-3+. The third-order valence-electron chi connectivity index (χ3n) is 2.05. The van der Waals surface area contributed by atoms with Crippen LogP contribution in [0.2, 0.25) is 0 Å². The molecular weight excluding hydrogens is 217 g/mol. The zero-order valence-electron chi connectivity index (χ0n) is 8.76. The summed E-state index contributed by atoms with van der Waals surface area (Å²) in [6.45, 7) is 2.94. The lowest BCUT2D eigenvalue weighted by atomic mass is 10.0. The number of nitrogens with zero attached hydrogens (tertiary/aromatic N) is 2. The maximum atomic E-state index is 12.7. The van der Waals surface area contributed by atoms with Gasteiger partial charge in [0.2, 0.25) is 0 Å². The summed E-state index contributed by atoms with van der Waals surface area (Å²) in [4.78, 5) is 3.81. The molecule has 16 heavy (non-hydrogen) atoms. The normalized spacial score (nSPS) is 12.4. The van der Waals surface area contributed by atoms with E-state index in [1.807, 2.05) is 0 Å². The highest BCUT2D eigenvalue weighted by Gasteiger charge is 2.33. The molecular formula is C11H9F3N2. The van der Waals surface area contributed by atoms with Gasteiger partial charge in [-0.3, -0.25) is 4.98 Å². The van der Waals surface area contributed by atoms with E-state index in [4.69, 9.17) is 5.26 Å². The van der Waals surface area contributed by atoms with Crippen molar-refractivity contribution in [1.29, 1.82) is 5.26 Å². The Morgan fingerprint density at radius 2 is 2.12 bits per heavy atom. The predicted molar refractivity (Wildman–Crippen MR) is 53.2 cm³/mol. The molecule has 0 aliphatic heterocycles. The highest BCUT2D eigenvalue weighted by Crippen LogP contribution is 2.34. The molecule has 0 atom stereocenters. The van der Waals surface area contributed by atoms with Crippen molar-refractivity contribution < 1.29 is 13.2 Å². The monoisotopic (exact) mass is 226 g/mol. The Labute approximate surface area is 91.0 Å². The van der Waals surface area contributed by atoms with Crippen molar-refractivity contribution in [3.8, 4) is 6.07 Å². The number of hydrogen-bond acceptors (Lipinski definition) is 2. The van der Waals surface area contributed by atoms with Crippen LogP contribution in [0.1, 0.15) is 23.7 Å². The van der Waals surface area contributed by atoms with E-state index in [-0.39, 0.29) is 11.1 Å². The molecule has 0 N–H and O–H groups in total. The zero-order chi connectivity index (χ0) is 12.3. The van der Waals surface area contributed by atoms with Gasteiger partial charge in [0.05, 0.1) is 11.6 Å². The third-order valence-corrected chi connectivity index (χ3v) is 2.05. The summed E-state index contributed by atoms with van der Waals surface area (Å²) in [6, 6.07) is 2.68. The van der Waals surface area contributed by atoms with Crippen LogP contribution in [0.4, 0.5) is 13.2 Å². The first-order valence-electron chi connectivity index (χ1n) is 4.47. The van der Waals surface area contributed by atoms with Gasteiger partial charge in [0, 0.05) is 23.5 Å². The first kappa shape index (κ1) is 12.2. The van der Waals surface area contributed by atoms with Crippen LogP contribution in [-0.4, -0.2) is 4.98 Å². The molecule has 0 bridgehead atoms. The van der Waals surface area contributed by atoms with Crippen LogP contribution < -0.4 is 0 Å². The van der Waals surface area contributed by atoms with Gasteiger partial charge in [0.15, 0.2) is 0 Å². The fourth-order valence-electron chi connectivity index (χ4n) is 1.28. The fourth-order valence-corrected chi connectivity index (χ4v) is 1.28. The van der Waals surface area contributed by atoms with Gasteiger partial charge >= 0.3 is 6.18 Å². The van der Waals surface area contributed by atoms with Crippen LogP contribution in [-0.2, 0) is 6.18 Å². The summed E-state index contributed by atoms with van der Waals surface area (Å²) in [6.07, 6.45) is -2.23. The first-order chi connectivity index (χ1) is 7.36. The number of hydrogen-bond donors (Lipinski definition) is 0. The Morgan fingerprint density at radius 1 is 1.50 bits per heavy atom. The number of aromatic nitrogens is 1. The minimum absolute atomic E-state index is 0.0559. The van der Waals surface area contributed by atoms with E-state index in [0.717, 1.165) is 18.3 Å². The minimum Gasteiger partial charge on any atom is -0.261 e. The molecule has 0 fully saturated rings. The topological polar surface area (TPSA) is 36.7 Å². The summed E-state index contributed by atoms with van der Waals surface area (Å²) < 4.78 is 38.1. The Kier molecular flexibility index (Phi) is 3.33. The molecule has 2 nitrogen and oxygen atoms in total. The lowest BCUT2D eigenvalue weighted by Gasteiger charge is -2.12. The van der Waals surface area contributed by atoms with Crippen LogP contribution in [0.3, 0.4) is 0 Å². The van der Waals surface area contributed by atoms with Gasteiger partial charge in [0.25, 0.3) is 0 Å². The smallest absolute Gasteiger partial charge is 0.261 e. The summed E-state index contributed by atoms with van der Waals surface area (Å²) in [5.41, 5.74) is -0.271. The Balaban J connectivity index is 3.42. The van der Waals surface area contributed by atoms with Gasteiger partial charge in [-0.1, -0.05) is 0 Å². The number of pyridine rings is 1. The molecule has 0 amide bonds. The Bertz CT molecular complexity index is 467. The lowest BCUT2D eigenvalue weighted by Crippen LogP contribution is -2.09. The van der Waals surface area contributed by atoms with Gasteiger partial charge in [0.1, 0.15) is 0 Å². The first-order valence-corrected chi connectivity index (χ1v) is 4.47.